The Morgan fingerprint density at radius 2 is 2.07 bits per heavy atom. The van der Waals surface area contributed by atoms with E-state index in [1.165, 1.54) is 0 Å². The quantitative estimate of drug-likeness (QED) is 0.538. The van der Waals surface area contributed by atoms with Crippen LogP contribution in [-0.4, -0.2) is 38.3 Å². The molecular weight excluding hydrogens is 368 g/mol. The number of carbonyl (C=O) groups is 1. The molecule has 3 rings (SSSR count). The number of ether oxygens (including phenoxy) is 1. The molecule has 0 saturated heterocycles. The van der Waals surface area contributed by atoms with E-state index in [1.54, 1.807) is 6.20 Å². The van der Waals surface area contributed by atoms with Crippen molar-refractivity contribution in [2.24, 2.45) is 5.92 Å². The number of imidazole rings is 1. The summed E-state index contributed by atoms with van der Waals surface area (Å²) >= 11 is 0. The van der Waals surface area contributed by atoms with E-state index in [0.29, 0.717) is 12.3 Å². The van der Waals surface area contributed by atoms with E-state index in [-0.39, 0.29) is 6.61 Å². The van der Waals surface area contributed by atoms with Gasteiger partial charge in [0.25, 0.3) is 0 Å². The average molecular weight is 396 g/mol. The van der Waals surface area contributed by atoms with Crippen LogP contribution in [0.25, 0.3) is 22.3 Å². The Bertz CT molecular complexity index is 1030. The van der Waals surface area contributed by atoms with Crippen molar-refractivity contribution in [2.45, 2.75) is 46.6 Å². The fourth-order valence-corrected chi connectivity index (χ4v) is 3.78. The summed E-state index contributed by atoms with van der Waals surface area (Å²) in [6, 6.07) is 7.92. The van der Waals surface area contributed by atoms with Crippen LogP contribution in [0.4, 0.5) is 4.79 Å². The van der Waals surface area contributed by atoms with Gasteiger partial charge in [0.2, 0.25) is 0 Å². The number of H-pyrrole nitrogens is 1. The van der Waals surface area contributed by atoms with Crippen LogP contribution in [0, 0.1) is 19.8 Å². The maximum Gasteiger partial charge on any atom is 0.405 e. The summed E-state index contributed by atoms with van der Waals surface area (Å²) in [5.41, 5.74) is 3.96. The van der Waals surface area contributed by atoms with Crippen LogP contribution in [-0.2, 0) is 0 Å². The lowest BCUT2D eigenvalue weighted by molar-refractivity contribution is 0.143. The predicted octanol–water partition coefficient (Wildman–Crippen LogP) is 4.69. The molecule has 3 aromatic rings. The molecule has 2 heterocycles. The zero-order valence-electron chi connectivity index (χ0n) is 17.5. The molecule has 1 aromatic carbocycles. The normalized spacial score (nSPS) is 13.4. The van der Waals surface area contributed by atoms with Gasteiger partial charge in [0.05, 0.1) is 5.54 Å². The van der Waals surface area contributed by atoms with Crippen LogP contribution < -0.4 is 10.1 Å². The van der Waals surface area contributed by atoms with Gasteiger partial charge in [-0.1, -0.05) is 19.9 Å². The monoisotopic (exact) mass is 396 g/mol. The minimum atomic E-state index is -1.04. The lowest BCUT2D eigenvalue weighted by atomic mass is 9.91. The van der Waals surface area contributed by atoms with Crippen LogP contribution in [0.1, 0.15) is 38.6 Å². The molecule has 0 saturated carbocycles. The fraction of sp³-hybridized carbons (Fsp3) is 0.409. The minimum absolute atomic E-state index is 0.260. The van der Waals surface area contributed by atoms with Gasteiger partial charge in [0.15, 0.2) is 5.65 Å². The van der Waals surface area contributed by atoms with Crippen molar-refractivity contribution in [2.75, 3.05) is 6.61 Å². The maximum atomic E-state index is 11.2. The Kier molecular flexibility index (Phi) is 5.77. The number of nitrogens with one attached hydrogen (secondary N) is 2. The smallest absolute Gasteiger partial charge is 0.405 e. The SMILES string of the molecule is Cc1nc2c(-c3ccc(OCC(C)(CC(C)C)NC(=O)O)c(C)c3)ccnc2[nH]1. The maximum absolute atomic E-state index is 11.2. The van der Waals surface area contributed by atoms with E-state index in [9.17, 15) is 9.90 Å². The number of aromatic amines is 1. The van der Waals surface area contributed by atoms with Crippen LogP contribution in [0.15, 0.2) is 30.5 Å². The third-order valence-electron chi connectivity index (χ3n) is 4.80. The second-order valence-electron chi connectivity index (χ2n) is 8.24. The highest BCUT2D eigenvalue weighted by atomic mass is 16.5. The fourth-order valence-electron chi connectivity index (χ4n) is 3.78. The van der Waals surface area contributed by atoms with Crippen molar-refractivity contribution in [3.63, 3.8) is 0 Å². The molecule has 0 radical (unpaired) electrons. The number of hydrogen-bond donors (Lipinski definition) is 3. The Labute approximate surface area is 170 Å². The van der Waals surface area contributed by atoms with E-state index in [2.05, 4.69) is 40.2 Å². The van der Waals surface area contributed by atoms with E-state index < -0.39 is 11.6 Å². The first kappa shape index (κ1) is 20.6. The predicted molar refractivity (Wildman–Crippen MR) is 113 cm³/mol. The lowest BCUT2D eigenvalue weighted by Gasteiger charge is -2.31. The van der Waals surface area contributed by atoms with Gasteiger partial charge in [0, 0.05) is 11.8 Å². The highest BCUT2D eigenvalue weighted by Crippen LogP contribution is 2.30. The summed E-state index contributed by atoms with van der Waals surface area (Å²) in [6.07, 6.45) is 1.41. The Balaban J connectivity index is 1.83. The molecule has 1 unspecified atom stereocenters. The van der Waals surface area contributed by atoms with Crippen molar-refractivity contribution >= 4 is 17.3 Å². The molecule has 7 heteroatoms. The standard InChI is InChI=1S/C22H28N4O3/c1-13(2)11-22(5,26-21(27)28)12-29-18-7-6-16(10-14(18)3)17-8-9-23-20-19(17)24-15(4)25-20/h6-10,13,26H,11-12H2,1-5H3,(H,27,28)(H,23,24,25). The van der Waals surface area contributed by atoms with Crippen molar-refractivity contribution < 1.29 is 14.6 Å². The van der Waals surface area contributed by atoms with Crippen LogP contribution in [0.5, 0.6) is 5.75 Å². The van der Waals surface area contributed by atoms with Crippen LogP contribution in [0.3, 0.4) is 0 Å². The second-order valence-corrected chi connectivity index (χ2v) is 8.24. The molecule has 0 aliphatic heterocycles. The number of pyridine rings is 1. The van der Waals surface area contributed by atoms with Gasteiger partial charge in [-0.05, 0) is 62.4 Å². The van der Waals surface area contributed by atoms with E-state index >= 15 is 0 Å². The summed E-state index contributed by atoms with van der Waals surface area (Å²) in [6.45, 7) is 10.2. The molecule has 29 heavy (non-hydrogen) atoms. The minimum Gasteiger partial charge on any atom is -0.491 e. The lowest BCUT2D eigenvalue weighted by Crippen LogP contribution is -2.50. The van der Waals surface area contributed by atoms with Crippen molar-refractivity contribution in [1.29, 1.82) is 0 Å². The van der Waals surface area contributed by atoms with Crippen LogP contribution in [0.2, 0.25) is 0 Å². The molecule has 2 aromatic heterocycles. The molecule has 3 N–H and O–H groups in total. The van der Waals surface area contributed by atoms with Crippen molar-refractivity contribution in [1.82, 2.24) is 20.3 Å². The highest BCUT2D eigenvalue weighted by Gasteiger charge is 2.28. The Morgan fingerprint density at radius 1 is 1.31 bits per heavy atom. The van der Waals surface area contributed by atoms with Gasteiger partial charge in [-0.25, -0.2) is 14.8 Å². The number of benzene rings is 1. The van der Waals surface area contributed by atoms with E-state index in [0.717, 1.165) is 39.4 Å². The molecule has 0 aliphatic rings. The molecule has 1 atom stereocenters. The average Bonchev–Trinajstić information content (AvgIpc) is 2.99. The zero-order chi connectivity index (χ0) is 21.2. The first-order valence-electron chi connectivity index (χ1n) is 9.73. The summed E-state index contributed by atoms with van der Waals surface area (Å²) in [4.78, 5) is 23.3. The van der Waals surface area contributed by atoms with Gasteiger partial charge in [-0.2, -0.15) is 0 Å². The highest BCUT2D eigenvalue weighted by molar-refractivity contribution is 5.89. The number of amides is 1. The number of rotatable bonds is 7. The summed E-state index contributed by atoms with van der Waals surface area (Å²) in [7, 11) is 0. The molecule has 154 valence electrons. The summed E-state index contributed by atoms with van der Waals surface area (Å²) in [5.74, 6) is 1.90. The van der Waals surface area contributed by atoms with E-state index in [1.807, 2.05) is 39.0 Å². The molecule has 7 nitrogen and oxygen atoms in total. The Morgan fingerprint density at radius 3 is 2.72 bits per heavy atom. The van der Waals surface area contributed by atoms with E-state index in [4.69, 9.17) is 4.74 Å². The molecule has 0 fully saturated rings. The van der Waals surface area contributed by atoms with Gasteiger partial charge in [-0.3, -0.25) is 0 Å². The number of nitrogens with zero attached hydrogens (tertiary/aromatic N) is 2. The van der Waals surface area contributed by atoms with Gasteiger partial charge >= 0.3 is 6.09 Å². The van der Waals surface area contributed by atoms with Crippen molar-refractivity contribution in [3.8, 4) is 16.9 Å². The third kappa shape index (κ3) is 4.85. The first-order chi connectivity index (χ1) is 13.7. The number of fused-ring (bicyclic) bond motifs is 1. The Hall–Kier alpha value is -3.09. The number of aryl methyl sites for hydroxylation is 2. The number of hydrogen-bond acceptors (Lipinski definition) is 4. The summed E-state index contributed by atoms with van der Waals surface area (Å²) in [5, 5.41) is 11.8. The first-order valence-corrected chi connectivity index (χ1v) is 9.73. The largest absolute Gasteiger partial charge is 0.491 e. The topological polar surface area (TPSA) is 100 Å². The van der Waals surface area contributed by atoms with Gasteiger partial charge in [-0.15, -0.1) is 0 Å². The van der Waals surface area contributed by atoms with Gasteiger partial charge in [0.1, 0.15) is 23.7 Å². The molecule has 0 spiro atoms. The second kappa shape index (κ2) is 8.11. The molecular formula is C22H28N4O3. The molecule has 1 amide bonds. The summed E-state index contributed by atoms with van der Waals surface area (Å²) < 4.78 is 6.03. The third-order valence-corrected chi connectivity index (χ3v) is 4.80. The van der Waals surface area contributed by atoms with Crippen molar-refractivity contribution in [3.05, 3.63) is 41.9 Å². The molecule has 0 bridgehead atoms. The van der Waals surface area contributed by atoms with Crippen LogP contribution >= 0.6 is 0 Å². The molecule has 0 aliphatic carbocycles. The number of aromatic nitrogens is 3. The number of carboxylic acid groups (broad SMARTS) is 1. The van der Waals surface area contributed by atoms with Gasteiger partial charge < -0.3 is 20.1 Å². The zero-order valence-corrected chi connectivity index (χ0v) is 17.5.